The van der Waals surface area contributed by atoms with E-state index in [1.54, 1.807) is 19.9 Å². The Hall–Kier alpha value is -2.66. The van der Waals surface area contributed by atoms with Crippen molar-refractivity contribution >= 4 is 17.5 Å². The van der Waals surface area contributed by atoms with Crippen molar-refractivity contribution in [2.24, 2.45) is 0 Å². The zero-order valence-corrected chi connectivity index (χ0v) is 16.2. The van der Waals surface area contributed by atoms with E-state index in [2.05, 4.69) is 10.6 Å². The molecule has 0 heterocycles. The van der Waals surface area contributed by atoms with Gasteiger partial charge in [-0.15, -0.1) is 0 Å². The second-order valence-electron chi connectivity index (χ2n) is 7.44. The predicted molar refractivity (Wildman–Crippen MR) is 108 cm³/mol. The minimum Gasteiger partial charge on any atom is -0.390 e. The van der Waals surface area contributed by atoms with Crippen LogP contribution in [0.1, 0.15) is 48.2 Å². The van der Waals surface area contributed by atoms with Crippen molar-refractivity contribution in [3.63, 3.8) is 0 Å². The molecule has 2 amide bonds. The lowest BCUT2D eigenvalue weighted by molar-refractivity contribution is -0.116. The molecule has 0 unspecified atom stereocenters. The van der Waals surface area contributed by atoms with Gasteiger partial charge >= 0.3 is 0 Å². The lowest BCUT2D eigenvalue weighted by Gasteiger charge is -2.16. The number of hydrogen-bond acceptors (Lipinski definition) is 3. The average Bonchev–Trinajstić information content (AvgIpc) is 2.59. The number of carbonyl (C=O) groups is 2. The SMILES string of the molecule is Cc1cccc(NC(=O)CCNC(=O)c2cccc(CCC(C)(C)O)c2)c1. The van der Waals surface area contributed by atoms with Gasteiger partial charge in [0.05, 0.1) is 5.60 Å². The second kappa shape index (κ2) is 9.33. The molecule has 0 aliphatic heterocycles. The maximum absolute atomic E-state index is 12.3. The third-order valence-electron chi connectivity index (χ3n) is 4.15. The third kappa shape index (κ3) is 7.62. The van der Waals surface area contributed by atoms with Crippen LogP contribution in [-0.2, 0) is 11.2 Å². The van der Waals surface area contributed by atoms with Gasteiger partial charge in [-0.2, -0.15) is 0 Å². The summed E-state index contributed by atoms with van der Waals surface area (Å²) >= 11 is 0. The Morgan fingerprint density at radius 2 is 1.81 bits per heavy atom. The Labute approximate surface area is 160 Å². The molecule has 2 aromatic carbocycles. The van der Waals surface area contributed by atoms with Crippen molar-refractivity contribution < 1.29 is 14.7 Å². The first-order valence-electron chi connectivity index (χ1n) is 9.19. The summed E-state index contributed by atoms with van der Waals surface area (Å²) in [5, 5.41) is 15.4. The molecule has 0 bridgehead atoms. The van der Waals surface area contributed by atoms with Crippen molar-refractivity contribution in [2.45, 2.75) is 45.6 Å². The molecule has 27 heavy (non-hydrogen) atoms. The van der Waals surface area contributed by atoms with Crippen LogP contribution in [-0.4, -0.2) is 29.1 Å². The van der Waals surface area contributed by atoms with Crippen LogP contribution in [0.3, 0.4) is 0 Å². The zero-order chi connectivity index (χ0) is 19.9. The van der Waals surface area contributed by atoms with Crippen LogP contribution in [0.5, 0.6) is 0 Å². The first kappa shape index (κ1) is 20.6. The fourth-order valence-electron chi connectivity index (χ4n) is 2.66. The van der Waals surface area contributed by atoms with Crippen LogP contribution in [0.4, 0.5) is 5.69 Å². The number of nitrogens with one attached hydrogen (secondary N) is 2. The van der Waals surface area contributed by atoms with Crippen molar-refractivity contribution in [2.75, 3.05) is 11.9 Å². The number of carbonyl (C=O) groups excluding carboxylic acids is 2. The van der Waals surface area contributed by atoms with E-state index in [9.17, 15) is 14.7 Å². The molecule has 3 N–H and O–H groups in total. The van der Waals surface area contributed by atoms with Crippen LogP contribution < -0.4 is 10.6 Å². The molecule has 0 saturated heterocycles. The van der Waals surface area contributed by atoms with Gasteiger partial charge in [-0.1, -0.05) is 24.3 Å². The van der Waals surface area contributed by atoms with Crippen molar-refractivity contribution in [3.05, 3.63) is 65.2 Å². The van der Waals surface area contributed by atoms with E-state index < -0.39 is 5.60 Å². The van der Waals surface area contributed by atoms with Crippen LogP contribution in [0.25, 0.3) is 0 Å². The van der Waals surface area contributed by atoms with Crippen molar-refractivity contribution in [3.8, 4) is 0 Å². The van der Waals surface area contributed by atoms with Gasteiger partial charge in [-0.25, -0.2) is 0 Å². The Morgan fingerprint density at radius 1 is 1.07 bits per heavy atom. The highest BCUT2D eigenvalue weighted by Gasteiger charge is 2.13. The maximum atomic E-state index is 12.3. The van der Waals surface area contributed by atoms with E-state index in [1.807, 2.05) is 49.4 Å². The van der Waals surface area contributed by atoms with Crippen LogP contribution in [0.2, 0.25) is 0 Å². The van der Waals surface area contributed by atoms with Crippen molar-refractivity contribution in [1.82, 2.24) is 5.32 Å². The molecule has 0 aliphatic carbocycles. The number of aryl methyl sites for hydroxylation is 2. The van der Waals surface area contributed by atoms with Gasteiger partial charge in [-0.05, 0) is 69.0 Å². The molecule has 2 aromatic rings. The highest BCUT2D eigenvalue weighted by atomic mass is 16.3. The van der Waals surface area contributed by atoms with E-state index in [4.69, 9.17) is 0 Å². The first-order valence-corrected chi connectivity index (χ1v) is 9.19. The minimum absolute atomic E-state index is 0.139. The van der Waals surface area contributed by atoms with E-state index >= 15 is 0 Å². The maximum Gasteiger partial charge on any atom is 0.251 e. The molecule has 0 aromatic heterocycles. The Morgan fingerprint density at radius 3 is 2.52 bits per heavy atom. The molecule has 0 aliphatic rings. The summed E-state index contributed by atoms with van der Waals surface area (Å²) in [6.45, 7) is 5.77. The topological polar surface area (TPSA) is 78.4 Å². The number of rotatable bonds is 8. The molecular weight excluding hydrogens is 340 g/mol. The fourth-order valence-corrected chi connectivity index (χ4v) is 2.66. The molecule has 0 atom stereocenters. The number of hydrogen-bond donors (Lipinski definition) is 3. The average molecular weight is 368 g/mol. The molecular formula is C22H28N2O3. The van der Waals surface area contributed by atoms with Gasteiger partial charge in [0.1, 0.15) is 0 Å². The normalized spacial score (nSPS) is 11.1. The lowest BCUT2D eigenvalue weighted by atomic mass is 9.98. The number of benzene rings is 2. The molecule has 0 saturated carbocycles. The fraction of sp³-hybridized carbons (Fsp3) is 0.364. The minimum atomic E-state index is -0.733. The van der Waals surface area contributed by atoms with Gasteiger partial charge in [-0.3, -0.25) is 9.59 Å². The van der Waals surface area contributed by atoms with E-state index in [1.165, 1.54) is 0 Å². The standard InChI is InChI=1S/C22H28N2O3/c1-16-6-4-9-19(14-16)24-20(25)11-13-23-21(26)18-8-5-7-17(15-18)10-12-22(2,3)27/h4-9,14-15,27H,10-13H2,1-3H3,(H,23,26)(H,24,25). The smallest absolute Gasteiger partial charge is 0.251 e. The van der Waals surface area contributed by atoms with Gasteiger partial charge in [0, 0.05) is 24.2 Å². The molecule has 0 radical (unpaired) electrons. The molecule has 144 valence electrons. The van der Waals surface area contributed by atoms with Gasteiger partial charge in [0.25, 0.3) is 5.91 Å². The first-order chi connectivity index (χ1) is 12.7. The molecule has 5 nitrogen and oxygen atoms in total. The largest absolute Gasteiger partial charge is 0.390 e. The van der Waals surface area contributed by atoms with Crippen LogP contribution in [0.15, 0.2) is 48.5 Å². The molecule has 5 heteroatoms. The second-order valence-corrected chi connectivity index (χ2v) is 7.44. The lowest BCUT2D eigenvalue weighted by Crippen LogP contribution is -2.27. The monoisotopic (exact) mass is 368 g/mol. The van der Waals surface area contributed by atoms with Crippen LogP contribution in [0, 0.1) is 6.92 Å². The number of aliphatic hydroxyl groups is 1. The van der Waals surface area contributed by atoms with Crippen LogP contribution >= 0.6 is 0 Å². The highest BCUT2D eigenvalue weighted by molar-refractivity contribution is 5.95. The van der Waals surface area contributed by atoms with E-state index in [0.29, 0.717) is 18.4 Å². The van der Waals surface area contributed by atoms with Crippen molar-refractivity contribution in [1.29, 1.82) is 0 Å². The molecule has 0 spiro atoms. The summed E-state index contributed by atoms with van der Waals surface area (Å²) in [7, 11) is 0. The summed E-state index contributed by atoms with van der Waals surface area (Å²) in [4.78, 5) is 24.3. The summed E-state index contributed by atoms with van der Waals surface area (Å²) in [6, 6.07) is 14.9. The Kier molecular flexibility index (Phi) is 7.13. The Balaban J connectivity index is 1.80. The van der Waals surface area contributed by atoms with E-state index in [-0.39, 0.29) is 24.8 Å². The Bertz CT molecular complexity index is 794. The summed E-state index contributed by atoms with van der Waals surface area (Å²) in [6.07, 6.45) is 1.53. The summed E-state index contributed by atoms with van der Waals surface area (Å²) in [5.74, 6) is -0.344. The third-order valence-corrected chi connectivity index (χ3v) is 4.15. The van der Waals surface area contributed by atoms with Gasteiger partial charge in [0.2, 0.25) is 5.91 Å². The number of anilines is 1. The highest BCUT2D eigenvalue weighted by Crippen LogP contribution is 2.14. The van der Waals surface area contributed by atoms with E-state index in [0.717, 1.165) is 16.8 Å². The zero-order valence-electron chi connectivity index (χ0n) is 16.2. The summed E-state index contributed by atoms with van der Waals surface area (Å²) in [5.41, 5.74) is 2.66. The summed E-state index contributed by atoms with van der Waals surface area (Å²) < 4.78 is 0. The quantitative estimate of drug-likeness (QED) is 0.668. The van der Waals surface area contributed by atoms with Gasteiger partial charge < -0.3 is 15.7 Å². The predicted octanol–water partition coefficient (Wildman–Crippen LogP) is 3.46. The van der Waals surface area contributed by atoms with Gasteiger partial charge in [0.15, 0.2) is 0 Å². The number of amides is 2. The molecule has 0 fully saturated rings. The molecule has 2 rings (SSSR count).